The summed E-state index contributed by atoms with van der Waals surface area (Å²) in [5.74, 6) is -3.04. The lowest BCUT2D eigenvalue weighted by molar-refractivity contribution is -0.162. The van der Waals surface area contributed by atoms with Gasteiger partial charge in [-0.15, -0.1) is 0 Å². The van der Waals surface area contributed by atoms with Crippen molar-refractivity contribution in [3.63, 3.8) is 0 Å². The van der Waals surface area contributed by atoms with Crippen LogP contribution >= 0.6 is 0 Å². The molecule has 2 bridgehead atoms. The summed E-state index contributed by atoms with van der Waals surface area (Å²) >= 11 is 0. The SMILES string of the molecule is O=C(C1CC(F)(F)C1)N1C2CCNCC1CC2. The number of halogens is 2. The van der Waals surface area contributed by atoms with E-state index in [1.807, 2.05) is 4.90 Å². The molecule has 3 fully saturated rings. The normalized spacial score (nSPS) is 36.5. The number of amides is 1. The van der Waals surface area contributed by atoms with Crippen LogP contribution in [-0.4, -0.2) is 41.9 Å². The van der Waals surface area contributed by atoms with Gasteiger partial charge < -0.3 is 10.2 Å². The van der Waals surface area contributed by atoms with Crippen molar-refractivity contribution in [2.24, 2.45) is 5.92 Å². The zero-order chi connectivity index (χ0) is 12.0. The molecule has 0 aromatic heterocycles. The number of nitrogens with one attached hydrogen (secondary N) is 1. The second-order valence-corrected chi connectivity index (χ2v) is 5.58. The molecule has 3 nitrogen and oxygen atoms in total. The summed E-state index contributed by atoms with van der Waals surface area (Å²) in [4.78, 5) is 14.2. The van der Waals surface area contributed by atoms with Crippen molar-refractivity contribution in [3.05, 3.63) is 0 Å². The van der Waals surface area contributed by atoms with Gasteiger partial charge in [-0.2, -0.15) is 0 Å². The van der Waals surface area contributed by atoms with Crippen LogP contribution in [0.25, 0.3) is 0 Å². The molecule has 3 aliphatic rings. The number of nitrogens with zero attached hydrogens (tertiary/aromatic N) is 1. The summed E-state index contributed by atoms with van der Waals surface area (Å²) in [6.07, 6.45) is 2.55. The van der Waals surface area contributed by atoms with E-state index in [9.17, 15) is 13.6 Å². The maximum atomic E-state index is 12.8. The second-order valence-electron chi connectivity index (χ2n) is 5.58. The molecule has 2 aliphatic heterocycles. The summed E-state index contributed by atoms with van der Waals surface area (Å²) in [5, 5.41) is 3.31. The minimum absolute atomic E-state index is 0.0212. The fourth-order valence-electron chi connectivity index (χ4n) is 3.39. The summed E-state index contributed by atoms with van der Waals surface area (Å²) in [6, 6.07) is 0.529. The van der Waals surface area contributed by atoms with Gasteiger partial charge in [0.1, 0.15) is 0 Å². The molecule has 2 saturated heterocycles. The quantitative estimate of drug-likeness (QED) is 0.756. The third-order valence-corrected chi connectivity index (χ3v) is 4.35. The van der Waals surface area contributed by atoms with Crippen LogP contribution in [0.15, 0.2) is 0 Å². The minimum atomic E-state index is -2.59. The Bertz CT molecular complexity index is 312. The molecular weight excluding hydrogens is 226 g/mol. The number of alkyl halides is 2. The molecule has 5 heteroatoms. The van der Waals surface area contributed by atoms with Gasteiger partial charge in [0.2, 0.25) is 11.8 Å². The molecule has 1 aliphatic carbocycles. The molecule has 2 unspecified atom stereocenters. The maximum Gasteiger partial charge on any atom is 0.249 e. The van der Waals surface area contributed by atoms with E-state index in [-0.39, 0.29) is 30.8 Å². The zero-order valence-corrected chi connectivity index (χ0v) is 9.79. The largest absolute Gasteiger partial charge is 0.335 e. The number of rotatable bonds is 1. The van der Waals surface area contributed by atoms with E-state index in [0.717, 1.165) is 32.4 Å². The summed E-state index contributed by atoms with van der Waals surface area (Å²) in [7, 11) is 0. The van der Waals surface area contributed by atoms with Crippen LogP contribution in [0.2, 0.25) is 0 Å². The minimum Gasteiger partial charge on any atom is -0.335 e. The van der Waals surface area contributed by atoms with Gasteiger partial charge in [0, 0.05) is 37.4 Å². The molecule has 1 N–H and O–H groups in total. The van der Waals surface area contributed by atoms with Crippen LogP contribution in [0.3, 0.4) is 0 Å². The monoisotopic (exact) mass is 244 g/mol. The molecule has 0 spiro atoms. The first-order valence-electron chi connectivity index (χ1n) is 6.47. The predicted molar refractivity (Wildman–Crippen MR) is 58.8 cm³/mol. The van der Waals surface area contributed by atoms with Gasteiger partial charge in [-0.1, -0.05) is 0 Å². The lowest BCUT2D eigenvalue weighted by Crippen LogP contribution is -2.51. The highest BCUT2D eigenvalue weighted by Crippen LogP contribution is 2.44. The van der Waals surface area contributed by atoms with E-state index >= 15 is 0 Å². The molecule has 96 valence electrons. The third-order valence-electron chi connectivity index (χ3n) is 4.35. The van der Waals surface area contributed by atoms with E-state index < -0.39 is 11.8 Å². The van der Waals surface area contributed by atoms with E-state index in [2.05, 4.69) is 5.32 Å². The van der Waals surface area contributed by atoms with Crippen molar-refractivity contribution in [3.8, 4) is 0 Å². The average Bonchev–Trinajstić information content (AvgIpc) is 2.47. The standard InChI is InChI=1S/C12H18F2N2O/c13-12(14)5-8(6-12)11(17)16-9-1-2-10(16)7-15-4-3-9/h8-10,15H,1-7H2. The van der Waals surface area contributed by atoms with Crippen LogP contribution in [0.1, 0.15) is 32.1 Å². The van der Waals surface area contributed by atoms with Gasteiger partial charge in [-0.05, 0) is 25.8 Å². The van der Waals surface area contributed by atoms with Crippen molar-refractivity contribution >= 4 is 5.91 Å². The van der Waals surface area contributed by atoms with Crippen molar-refractivity contribution in [2.45, 2.75) is 50.1 Å². The van der Waals surface area contributed by atoms with Crippen LogP contribution in [0.5, 0.6) is 0 Å². The Labute approximate surface area is 99.5 Å². The molecule has 0 aromatic rings. The number of carbonyl (C=O) groups excluding carboxylic acids is 1. The number of carbonyl (C=O) groups is 1. The van der Waals surface area contributed by atoms with Crippen LogP contribution in [0, 0.1) is 5.92 Å². The summed E-state index contributed by atoms with van der Waals surface area (Å²) in [6.45, 7) is 1.76. The van der Waals surface area contributed by atoms with Crippen molar-refractivity contribution in [1.82, 2.24) is 10.2 Å². The van der Waals surface area contributed by atoms with E-state index in [1.165, 1.54) is 0 Å². The smallest absolute Gasteiger partial charge is 0.249 e. The molecule has 3 rings (SSSR count). The average molecular weight is 244 g/mol. The maximum absolute atomic E-state index is 12.8. The Kier molecular flexibility index (Phi) is 2.61. The van der Waals surface area contributed by atoms with E-state index in [0.29, 0.717) is 0 Å². The molecule has 0 radical (unpaired) electrons. The highest BCUT2D eigenvalue weighted by Gasteiger charge is 2.52. The van der Waals surface area contributed by atoms with Gasteiger partial charge in [0.15, 0.2) is 0 Å². The van der Waals surface area contributed by atoms with Crippen LogP contribution in [0.4, 0.5) is 8.78 Å². The Hall–Kier alpha value is -0.710. The molecule has 0 aromatic carbocycles. The molecule has 17 heavy (non-hydrogen) atoms. The molecular formula is C12H18F2N2O. The number of fused-ring (bicyclic) bond motifs is 2. The second kappa shape index (κ2) is 3.90. The van der Waals surface area contributed by atoms with Crippen LogP contribution in [-0.2, 0) is 4.79 Å². The first kappa shape index (κ1) is 11.4. The van der Waals surface area contributed by atoms with Crippen LogP contribution < -0.4 is 5.32 Å². The van der Waals surface area contributed by atoms with Crippen molar-refractivity contribution in [1.29, 1.82) is 0 Å². The molecule has 2 atom stereocenters. The highest BCUT2D eigenvalue weighted by molar-refractivity contribution is 5.81. The number of hydrogen-bond acceptors (Lipinski definition) is 2. The predicted octanol–water partition coefficient (Wildman–Crippen LogP) is 1.38. The fourth-order valence-corrected chi connectivity index (χ4v) is 3.39. The molecule has 1 amide bonds. The lowest BCUT2D eigenvalue weighted by Gasteiger charge is -2.39. The van der Waals surface area contributed by atoms with Crippen molar-refractivity contribution < 1.29 is 13.6 Å². The first-order chi connectivity index (χ1) is 8.07. The lowest BCUT2D eigenvalue weighted by atomic mass is 9.80. The first-order valence-corrected chi connectivity index (χ1v) is 6.47. The van der Waals surface area contributed by atoms with Crippen molar-refractivity contribution in [2.75, 3.05) is 13.1 Å². The Morgan fingerprint density at radius 3 is 2.59 bits per heavy atom. The highest BCUT2D eigenvalue weighted by atomic mass is 19.3. The van der Waals surface area contributed by atoms with Gasteiger partial charge in [0.25, 0.3) is 0 Å². The summed E-state index contributed by atoms with van der Waals surface area (Å²) < 4.78 is 25.6. The van der Waals surface area contributed by atoms with Gasteiger partial charge in [-0.25, -0.2) is 8.78 Å². The fraction of sp³-hybridized carbons (Fsp3) is 0.917. The Morgan fingerprint density at radius 1 is 1.18 bits per heavy atom. The van der Waals surface area contributed by atoms with Gasteiger partial charge in [0.05, 0.1) is 0 Å². The molecule has 1 saturated carbocycles. The number of hydrogen-bond donors (Lipinski definition) is 1. The van der Waals surface area contributed by atoms with Gasteiger partial charge >= 0.3 is 0 Å². The summed E-state index contributed by atoms with van der Waals surface area (Å²) in [5.41, 5.74) is 0. The molecule has 2 heterocycles. The zero-order valence-electron chi connectivity index (χ0n) is 9.79. The Balaban J connectivity index is 1.69. The third kappa shape index (κ3) is 1.94. The topological polar surface area (TPSA) is 32.3 Å². The van der Waals surface area contributed by atoms with Gasteiger partial charge in [-0.3, -0.25) is 4.79 Å². The van der Waals surface area contributed by atoms with E-state index in [4.69, 9.17) is 0 Å². The Morgan fingerprint density at radius 2 is 1.88 bits per heavy atom. The van der Waals surface area contributed by atoms with E-state index in [1.54, 1.807) is 0 Å².